The standard InChI is InChI=1S/C19H19NO5S/c1-26(23,24)20-11-5-8-15-12-16(9-10-17(15)20)18(21)13-25-19(22)14-6-3-2-4-7-14/h2-4,6-7,9-10,12H,5,8,11,13H2,1H3. The Balaban J connectivity index is 1.72. The van der Waals surface area contributed by atoms with Gasteiger partial charge in [0.1, 0.15) is 0 Å². The van der Waals surface area contributed by atoms with Crippen LogP contribution in [-0.2, 0) is 21.2 Å². The van der Waals surface area contributed by atoms with Crippen molar-refractivity contribution in [2.75, 3.05) is 23.7 Å². The molecule has 0 aromatic heterocycles. The van der Waals surface area contributed by atoms with Crippen LogP contribution in [-0.4, -0.2) is 39.6 Å². The Hall–Kier alpha value is -2.67. The summed E-state index contributed by atoms with van der Waals surface area (Å²) in [5, 5.41) is 0. The molecule has 0 spiro atoms. The molecule has 6 nitrogen and oxygen atoms in total. The molecule has 0 radical (unpaired) electrons. The minimum Gasteiger partial charge on any atom is -0.454 e. The number of fused-ring (bicyclic) bond motifs is 1. The third kappa shape index (κ3) is 3.94. The van der Waals surface area contributed by atoms with Crippen molar-refractivity contribution >= 4 is 27.5 Å². The molecule has 0 bridgehead atoms. The molecule has 0 saturated heterocycles. The van der Waals surface area contributed by atoms with Crippen molar-refractivity contribution < 1.29 is 22.7 Å². The summed E-state index contributed by atoms with van der Waals surface area (Å²) >= 11 is 0. The zero-order valence-corrected chi connectivity index (χ0v) is 15.2. The van der Waals surface area contributed by atoms with E-state index in [9.17, 15) is 18.0 Å². The number of rotatable bonds is 5. The predicted octanol–water partition coefficient (Wildman–Crippen LogP) is 2.44. The van der Waals surface area contributed by atoms with Crippen LogP contribution in [0.15, 0.2) is 48.5 Å². The topological polar surface area (TPSA) is 80.8 Å². The number of aryl methyl sites for hydroxylation is 1. The molecule has 0 amide bonds. The van der Waals surface area contributed by atoms with Gasteiger partial charge in [-0.05, 0) is 48.7 Å². The van der Waals surface area contributed by atoms with Crippen LogP contribution in [0.3, 0.4) is 0 Å². The van der Waals surface area contributed by atoms with Crippen molar-refractivity contribution in [3.63, 3.8) is 0 Å². The van der Waals surface area contributed by atoms with E-state index in [0.717, 1.165) is 5.56 Å². The first-order valence-corrected chi connectivity index (χ1v) is 10.1. The van der Waals surface area contributed by atoms with Gasteiger partial charge in [-0.15, -0.1) is 0 Å². The number of Topliss-reactive ketones (excluding diaryl/α,β-unsaturated/α-hetero) is 1. The molecule has 2 aromatic carbocycles. The lowest BCUT2D eigenvalue weighted by atomic mass is 9.99. The van der Waals surface area contributed by atoms with E-state index >= 15 is 0 Å². The Labute approximate surface area is 152 Å². The van der Waals surface area contributed by atoms with Gasteiger partial charge in [-0.25, -0.2) is 13.2 Å². The van der Waals surface area contributed by atoms with E-state index in [4.69, 9.17) is 4.74 Å². The van der Waals surface area contributed by atoms with E-state index in [1.807, 2.05) is 0 Å². The lowest BCUT2D eigenvalue weighted by molar-refractivity contribution is 0.0474. The molecule has 0 unspecified atom stereocenters. The Kier molecular flexibility index (Phi) is 5.08. The Morgan fingerprint density at radius 3 is 2.50 bits per heavy atom. The molecule has 0 fully saturated rings. The van der Waals surface area contributed by atoms with E-state index in [0.29, 0.717) is 36.2 Å². The number of anilines is 1. The average Bonchev–Trinajstić information content (AvgIpc) is 2.64. The molecule has 136 valence electrons. The number of ether oxygens (including phenoxy) is 1. The number of nitrogens with zero attached hydrogens (tertiary/aromatic N) is 1. The van der Waals surface area contributed by atoms with Gasteiger partial charge in [-0.1, -0.05) is 18.2 Å². The second-order valence-electron chi connectivity index (χ2n) is 6.15. The van der Waals surface area contributed by atoms with Gasteiger partial charge in [-0.2, -0.15) is 0 Å². The molecule has 0 N–H and O–H groups in total. The molecule has 1 heterocycles. The van der Waals surface area contributed by atoms with Gasteiger partial charge in [0.25, 0.3) is 0 Å². The molecule has 7 heteroatoms. The van der Waals surface area contributed by atoms with Crippen LogP contribution in [0.5, 0.6) is 0 Å². The number of hydrogen-bond acceptors (Lipinski definition) is 5. The maximum absolute atomic E-state index is 12.3. The summed E-state index contributed by atoms with van der Waals surface area (Å²) in [5.74, 6) is -0.881. The van der Waals surface area contributed by atoms with E-state index in [2.05, 4.69) is 0 Å². The number of ketones is 1. The van der Waals surface area contributed by atoms with Crippen LogP contribution in [0.2, 0.25) is 0 Å². The first-order valence-electron chi connectivity index (χ1n) is 8.22. The molecule has 2 aromatic rings. The summed E-state index contributed by atoms with van der Waals surface area (Å²) in [5.41, 5.74) is 2.20. The number of carbonyl (C=O) groups is 2. The van der Waals surface area contributed by atoms with Crippen molar-refractivity contribution in [3.8, 4) is 0 Å². The molecule has 0 aliphatic carbocycles. The third-order valence-corrected chi connectivity index (χ3v) is 5.40. The first kappa shape index (κ1) is 18.1. The Morgan fingerprint density at radius 1 is 1.08 bits per heavy atom. The van der Waals surface area contributed by atoms with Gasteiger partial charge in [-0.3, -0.25) is 9.10 Å². The van der Waals surface area contributed by atoms with Crippen LogP contribution in [0.1, 0.15) is 32.7 Å². The van der Waals surface area contributed by atoms with Crippen molar-refractivity contribution in [1.29, 1.82) is 0 Å². The fraction of sp³-hybridized carbons (Fsp3) is 0.263. The minimum atomic E-state index is -3.35. The number of esters is 1. The molecule has 1 aliphatic heterocycles. The summed E-state index contributed by atoms with van der Waals surface area (Å²) in [7, 11) is -3.35. The monoisotopic (exact) mass is 373 g/mol. The number of carbonyl (C=O) groups excluding carboxylic acids is 2. The summed E-state index contributed by atoms with van der Waals surface area (Å²) in [6.07, 6.45) is 2.57. The van der Waals surface area contributed by atoms with E-state index in [-0.39, 0.29) is 12.4 Å². The SMILES string of the molecule is CS(=O)(=O)N1CCCc2cc(C(=O)COC(=O)c3ccccc3)ccc21. The summed E-state index contributed by atoms with van der Waals surface area (Å²) in [6, 6.07) is 13.4. The minimum absolute atomic E-state index is 0.325. The van der Waals surface area contributed by atoms with E-state index in [1.165, 1.54) is 10.6 Å². The van der Waals surface area contributed by atoms with Gasteiger partial charge >= 0.3 is 5.97 Å². The van der Waals surface area contributed by atoms with Gasteiger partial charge in [0, 0.05) is 12.1 Å². The maximum atomic E-state index is 12.3. The number of benzene rings is 2. The lowest BCUT2D eigenvalue weighted by Crippen LogP contribution is -2.34. The predicted molar refractivity (Wildman–Crippen MR) is 98.0 cm³/mol. The Bertz CT molecular complexity index is 938. The highest BCUT2D eigenvalue weighted by Gasteiger charge is 2.24. The van der Waals surface area contributed by atoms with Crippen molar-refractivity contribution in [2.24, 2.45) is 0 Å². The first-order chi connectivity index (χ1) is 12.4. The van der Waals surface area contributed by atoms with Crippen molar-refractivity contribution in [2.45, 2.75) is 12.8 Å². The van der Waals surface area contributed by atoms with Crippen LogP contribution in [0, 0.1) is 0 Å². The summed E-state index contributed by atoms with van der Waals surface area (Å²) < 4.78 is 30.2. The van der Waals surface area contributed by atoms with Crippen molar-refractivity contribution in [3.05, 3.63) is 65.2 Å². The van der Waals surface area contributed by atoms with Crippen LogP contribution in [0.4, 0.5) is 5.69 Å². The van der Waals surface area contributed by atoms with Crippen LogP contribution >= 0.6 is 0 Å². The lowest BCUT2D eigenvalue weighted by Gasteiger charge is -2.29. The zero-order valence-electron chi connectivity index (χ0n) is 14.3. The van der Waals surface area contributed by atoms with Gasteiger partial charge in [0.15, 0.2) is 12.4 Å². The van der Waals surface area contributed by atoms with E-state index < -0.39 is 16.0 Å². The van der Waals surface area contributed by atoms with Gasteiger partial charge < -0.3 is 4.74 Å². The molecular weight excluding hydrogens is 354 g/mol. The molecule has 1 aliphatic rings. The second kappa shape index (κ2) is 7.29. The number of sulfonamides is 1. The highest BCUT2D eigenvalue weighted by Crippen LogP contribution is 2.30. The molecule has 26 heavy (non-hydrogen) atoms. The van der Waals surface area contributed by atoms with Crippen LogP contribution < -0.4 is 4.31 Å². The third-order valence-electron chi connectivity index (χ3n) is 4.22. The zero-order chi connectivity index (χ0) is 18.7. The highest BCUT2D eigenvalue weighted by molar-refractivity contribution is 7.92. The van der Waals surface area contributed by atoms with Crippen molar-refractivity contribution in [1.82, 2.24) is 0 Å². The summed E-state index contributed by atoms with van der Waals surface area (Å²) in [6.45, 7) is 0.0795. The molecule has 0 atom stereocenters. The number of hydrogen-bond donors (Lipinski definition) is 0. The van der Waals surface area contributed by atoms with Gasteiger partial charge in [0.05, 0.1) is 17.5 Å². The fourth-order valence-electron chi connectivity index (χ4n) is 2.95. The average molecular weight is 373 g/mol. The Morgan fingerprint density at radius 2 is 1.81 bits per heavy atom. The maximum Gasteiger partial charge on any atom is 0.338 e. The summed E-state index contributed by atoms with van der Waals surface area (Å²) in [4.78, 5) is 24.3. The molecular formula is C19H19NO5S. The fourth-order valence-corrected chi connectivity index (χ4v) is 3.95. The van der Waals surface area contributed by atoms with E-state index in [1.54, 1.807) is 48.5 Å². The smallest absolute Gasteiger partial charge is 0.338 e. The quantitative estimate of drug-likeness (QED) is 0.594. The molecule has 0 saturated carbocycles. The van der Waals surface area contributed by atoms with Crippen LogP contribution in [0.25, 0.3) is 0 Å². The van der Waals surface area contributed by atoms with Gasteiger partial charge in [0.2, 0.25) is 10.0 Å². The second-order valence-corrected chi connectivity index (χ2v) is 8.05. The largest absolute Gasteiger partial charge is 0.454 e. The normalized spacial score (nSPS) is 13.8. The molecule has 3 rings (SSSR count). The highest BCUT2D eigenvalue weighted by atomic mass is 32.2.